The largest absolute Gasteiger partial charge is 0.383 e. The Morgan fingerprint density at radius 3 is 2.69 bits per heavy atom. The van der Waals surface area contributed by atoms with Crippen molar-refractivity contribution in [2.24, 2.45) is 0 Å². The number of amides is 1. The average molecular weight is 437 g/mol. The molecule has 10 heteroatoms. The minimum Gasteiger partial charge on any atom is -0.383 e. The molecule has 8 nitrogen and oxygen atoms in total. The number of anilines is 1. The van der Waals surface area contributed by atoms with E-state index in [9.17, 15) is 13.2 Å². The first-order valence-electron chi connectivity index (χ1n) is 8.72. The van der Waals surface area contributed by atoms with Crippen LogP contribution in [-0.4, -0.2) is 56.2 Å². The van der Waals surface area contributed by atoms with Crippen LogP contribution < -0.4 is 5.32 Å². The van der Waals surface area contributed by atoms with Crippen LogP contribution in [0.4, 0.5) is 5.69 Å². The average Bonchev–Trinajstić information content (AvgIpc) is 3.08. The van der Waals surface area contributed by atoms with Crippen LogP contribution in [0, 0.1) is 0 Å². The Morgan fingerprint density at radius 2 is 2.00 bits per heavy atom. The molecule has 0 fully saturated rings. The van der Waals surface area contributed by atoms with Crippen molar-refractivity contribution in [3.05, 3.63) is 53.2 Å². The third-order valence-corrected chi connectivity index (χ3v) is 6.51. The molecule has 3 rings (SSSR count). The van der Waals surface area contributed by atoms with Gasteiger partial charge in [-0.3, -0.25) is 9.48 Å². The Kier molecular flexibility index (Phi) is 6.23. The van der Waals surface area contributed by atoms with Crippen LogP contribution in [0.5, 0.6) is 0 Å². The van der Waals surface area contributed by atoms with Crippen molar-refractivity contribution in [1.82, 2.24) is 14.1 Å². The summed E-state index contributed by atoms with van der Waals surface area (Å²) in [4.78, 5) is 12.8. The maximum absolute atomic E-state index is 12.8. The number of sulfonamides is 1. The summed E-state index contributed by atoms with van der Waals surface area (Å²) in [7, 11) is 0.774. The molecular weight excluding hydrogens is 416 g/mol. The van der Waals surface area contributed by atoms with Gasteiger partial charge >= 0.3 is 0 Å². The lowest BCUT2D eigenvalue weighted by Crippen LogP contribution is -2.23. The van der Waals surface area contributed by atoms with Crippen molar-refractivity contribution in [2.75, 3.05) is 33.1 Å². The second-order valence-electron chi connectivity index (χ2n) is 6.52. The molecule has 0 bridgehead atoms. The van der Waals surface area contributed by atoms with Gasteiger partial charge in [-0.2, -0.15) is 5.10 Å². The number of ether oxygens (including phenoxy) is 1. The predicted molar refractivity (Wildman–Crippen MR) is 112 cm³/mol. The van der Waals surface area contributed by atoms with Gasteiger partial charge in [-0.15, -0.1) is 0 Å². The van der Waals surface area contributed by atoms with Crippen LogP contribution in [0.2, 0.25) is 5.02 Å². The van der Waals surface area contributed by atoms with E-state index in [2.05, 4.69) is 10.4 Å². The number of hydrogen-bond acceptors (Lipinski definition) is 5. The van der Waals surface area contributed by atoms with Gasteiger partial charge in [-0.25, -0.2) is 12.7 Å². The van der Waals surface area contributed by atoms with Gasteiger partial charge in [-0.05, 0) is 36.4 Å². The summed E-state index contributed by atoms with van der Waals surface area (Å²) in [6, 6.07) is 9.43. The van der Waals surface area contributed by atoms with Crippen molar-refractivity contribution < 1.29 is 17.9 Å². The molecule has 1 heterocycles. The Hall–Kier alpha value is -2.46. The van der Waals surface area contributed by atoms with E-state index in [4.69, 9.17) is 16.3 Å². The number of rotatable bonds is 7. The smallest absolute Gasteiger partial charge is 0.257 e. The lowest BCUT2D eigenvalue weighted by molar-refractivity contribution is 0.102. The Balaban J connectivity index is 1.90. The SMILES string of the molecule is COCCn1ncc2ccc(NC(=O)c3cc(S(=O)(=O)N(C)C)ccc3Cl)cc21. The first-order valence-corrected chi connectivity index (χ1v) is 10.5. The summed E-state index contributed by atoms with van der Waals surface area (Å²) in [6.07, 6.45) is 1.74. The Bertz CT molecular complexity index is 1160. The van der Waals surface area contributed by atoms with E-state index in [-0.39, 0.29) is 15.5 Å². The second-order valence-corrected chi connectivity index (χ2v) is 9.08. The zero-order chi connectivity index (χ0) is 21.2. The Morgan fingerprint density at radius 1 is 1.24 bits per heavy atom. The maximum Gasteiger partial charge on any atom is 0.257 e. The molecule has 0 radical (unpaired) electrons. The number of fused-ring (bicyclic) bond motifs is 1. The van der Waals surface area contributed by atoms with E-state index < -0.39 is 15.9 Å². The van der Waals surface area contributed by atoms with Gasteiger partial charge < -0.3 is 10.1 Å². The molecule has 1 aromatic heterocycles. The zero-order valence-corrected chi connectivity index (χ0v) is 17.8. The minimum atomic E-state index is -3.69. The topological polar surface area (TPSA) is 93.5 Å². The minimum absolute atomic E-state index is 0.00913. The number of methoxy groups -OCH3 is 1. The van der Waals surface area contributed by atoms with Gasteiger partial charge in [-0.1, -0.05) is 11.6 Å². The molecule has 2 aromatic carbocycles. The van der Waals surface area contributed by atoms with E-state index in [1.165, 1.54) is 32.3 Å². The predicted octanol–water partition coefficient (Wildman–Crippen LogP) is 2.84. The van der Waals surface area contributed by atoms with Gasteiger partial charge in [0.05, 0.1) is 40.3 Å². The first-order chi connectivity index (χ1) is 13.7. The highest BCUT2D eigenvalue weighted by Crippen LogP contribution is 2.24. The van der Waals surface area contributed by atoms with Crippen LogP contribution >= 0.6 is 11.6 Å². The molecule has 1 amide bonds. The first kappa shape index (κ1) is 21.3. The van der Waals surface area contributed by atoms with E-state index in [0.29, 0.717) is 18.8 Å². The number of nitrogens with one attached hydrogen (secondary N) is 1. The fraction of sp³-hybridized carbons (Fsp3) is 0.263. The number of carbonyl (C=O) groups excluding carboxylic acids is 1. The summed E-state index contributed by atoms with van der Waals surface area (Å²) in [6.45, 7) is 1.09. The van der Waals surface area contributed by atoms with Crippen LogP contribution in [0.25, 0.3) is 10.9 Å². The van der Waals surface area contributed by atoms with Crippen molar-refractivity contribution in [3.8, 4) is 0 Å². The van der Waals surface area contributed by atoms with Gasteiger partial charge in [0.1, 0.15) is 0 Å². The number of halogens is 1. The molecule has 29 heavy (non-hydrogen) atoms. The fourth-order valence-corrected chi connectivity index (χ4v) is 3.88. The quantitative estimate of drug-likeness (QED) is 0.614. The van der Waals surface area contributed by atoms with E-state index in [1.807, 2.05) is 6.07 Å². The molecule has 1 N–H and O–H groups in total. The molecule has 0 atom stereocenters. The number of aromatic nitrogens is 2. The second kappa shape index (κ2) is 8.50. The van der Waals surface area contributed by atoms with Gasteiger partial charge in [0.25, 0.3) is 5.91 Å². The van der Waals surface area contributed by atoms with E-state index in [1.54, 1.807) is 30.1 Å². The lowest BCUT2D eigenvalue weighted by atomic mass is 10.2. The Labute approximate surface area is 174 Å². The van der Waals surface area contributed by atoms with Crippen molar-refractivity contribution in [3.63, 3.8) is 0 Å². The summed E-state index contributed by atoms with van der Waals surface area (Å²) in [5, 5.41) is 8.17. The van der Waals surface area contributed by atoms with Gasteiger partial charge in [0, 0.05) is 32.3 Å². The van der Waals surface area contributed by atoms with Crippen LogP contribution in [0.15, 0.2) is 47.5 Å². The van der Waals surface area contributed by atoms with Crippen molar-refractivity contribution in [2.45, 2.75) is 11.4 Å². The summed E-state index contributed by atoms with van der Waals surface area (Å²) < 4.78 is 32.6. The van der Waals surface area contributed by atoms with Crippen LogP contribution in [-0.2, 0) is 21.3 Å². The highest BCUT2D eigenvalue weighted by molar-refractivity contribution is 7.89. The molecule has 0 aliphatic heterocycles. The molecular formula is C19H21ClN4O4S. The molecule has 0 saturated carbocycles. The van der Waals surface area contributed by atoms with Crippen LogP contribution in [0.3, 0.4) is 0 Å². The molecule has 0 aliphatic carbocycles. The van der Waals surface area contributed by atoms with E-state index in [0.717, 1.165) is 15.2 Å². The van der Waals surface area contributed by atoms with Gasteiger partial charge in [0.15, 0.2) is 0 Å². The third kappa shape index (κ3) is 4.43. The van der Waals surface area contributed by atoms with Crippen molar-refractivity contribution in [1.29, 1.82) is 0 Å². The monoisotopic (exact) mass is 436 g/mol. The molecule has 154 valence electrons. The van der Waals surface area contributed by atoms with Gasteiger partial charge in [0.2, 0.25) is 10.0 Å². The fourth-order valence-electron chi connectivity index (χ4n) is 2.75. The molecule has 0 aliphatic rings. The number of hydrogen-bond donors (Lipinski definition) is 1. The van der Waals surface area contributed by atoms with E-state index >= 15 is 0 Å². The summed E-state index contributed by atoms with van der Waals surface area (Å²) >= 11 is 6.15. The summed E-state index contributed by atoms with van der Waals surface area (Å²) in [5.41, 5.74) is 1.45. The highest BCUT2D eigenvalue weighted by atomic mass is 35.5. The third-order valence-electron chi connectivity index (χ3n) is 4.37. The standard InChI is InChI=1S/C19H21ClN4O4S/c1-23(2)29(26,27)15-6-7-17(20)16(11-15)19(25)22-14-5-4-13-12-21-24(8-9-28-3)18(13)10-14/h4-7,10-12H,8-9H2,1-3H3,(H,22,25). The van der Waals surface area contributed by atoms with Crippen molar-refractivity contribution >= 4 is 44.1 Å². The number of benzene rings is 2. The number of carbonyl (C=O) groups is 1. The highest BCUT2D eigenvalue weighted by Gasteiger charge is 2.21. The number of nitrogens with zero attached hydrogens (tertiary/aromatic N) is 3. The maximum atomic E-state index is 12.8. The molecule has 0 unspecified atom stereocenters. The molecule has 0 saturated heterocycles. The normalized spacial score (nSPS) is 11.9. The van der Waals surface area contributed by atoms with Crippen LogP contribution in [0.1, 0.15) is 10.4 Å². The molecule has 3 aromatic rings. The zero-order valence-electron chi connectivity index (χ0n) is 16.2. The molecule has 0 spiro atoms. The summed E-state index contributed by atoms with van der Waals surface area (Å²) in [5.74, 6) is -0.506. The lowest BCUT2D eigenvalue weighted by Gasteiger charge is -2.13.